The molecule has 1 aromatic rings. The van der Waals surface area contributed by atoms with E-state index in [2.05, 4.69) is 26.1 Å². The number of nitrogens with zero attached hydrogens (tertiary/aromatic N) is 1. The Balaban J connectivity index is 2.75. The molecule has 0 fully saturated rings. The summed E-state index contributed by atoms with van der Waals surface area (Å²) < 4.78 is 1.71. The molecule has 2 N–H and O–H groups in total. The predicted octanol–water partition coefficient (Wildman–Crippen LogP) is 1.79. The molecule has 0 unspecified atom stereocenters. The fraction of sp³-hybridized carbons (Fsp3) is 0.583. The molecule has 4 nitrogen and oxygen atoms in total. The van der Waals surface area contributed by atoms with E-state index in [0.717, 1.165) is 12.4 Å². The van der Waals surface area contributed by atoms with Gasteiger partial charge in [-0.3, -0.25) is 4.79 Å². The molecule has 1 heterocycles. The van der Waals surface area contributed by atoms with E-state index in [4.69, 9.17) is 0 Å². The van der Waals surface area contributed by atoms with Crippen LogP contribution >= 0.6 is 0 Å². The van der Waals surface area contributed by atoms with Crippen LogP contribution in [0.4, 0.5) is 5.82 Å². The highest BCUT2D eigenvalue weighted by molar-refractivity contribution is 5.38. The van der Waals surface area contributed by atoms with Crippen molar-refractivity contribution in [2.24, 2.45) is 18.9 Å². The lowest BCUT2D eigenvalue weighted by molar-refractivity contribution is 0.438. The van der Waals surface area contributed by atoms with E-state index in [9.17, 15) is 9.90 Å². The Hall–Kier alpha value is -1.45. The van der Waals surface area contributed by atoms with Gasteiger partial charge in [-0.15, -0.1) is 0 Å². The zero-order valence-electron chi connectivity index (χ0n) is 10.3. The van der Waals surface area contributed by atoms with Crippen LogP contribution in [0, 0.1) is 11.8 Å². The quantitative estimate of drug-likeness (QED) is 0.820. The molecule has 0 bridgehead atoms. The highest BCUT2D eigenvalue weighted by atomic mass is 16.3. The normalized spacial score (nSPS) is 12.8. The van der Waals surface area contributed by atoms with Crippen LogP contribution < -0.4 is 10.7 Å². The second-order valence-electron chi connectivity index (χ2n) is 4.62. The molecule has 90 valence electrons. The molecule has 1 rings (SSSR count). The second kappa shape index (κ2) is 5.05. The van der Waals surface area contributed by atoms with E-state index in [1.165, 1.54) is 12.3 Å². The molecule has 0 spiro atoms. The third-order valence-corrected chi connectivity index (χ3v) is 2.96. The van der Waals surface area contributed by atoms with Gasteiger partial charge in [-0.2, -0.15) is 0 Å². The van der Waals surface area contributed by atoms with Gasteiger partial charge >= 0.3 is 0 Å². The van der Waals surface area contributed by atoms with Gasteiger partial charge in [-0.05, 0) is 11.8 Å². The summed E-state index contributed by atoms with van der Waals surface area (Å²) in [5.41, 5.74) is -0.349. The van der Waals surface area contributed by atoms with Crippen molar-refractivity contribution >= 4 is 5.82 Å². The van der Waals surface area contributed by atoms with Gasteiger partial charge in [0.2, 0.25) is 5.43 Å². The summed E-state index contributed by atoms with van der Waals surface area (Å²) in [7, 11) is 1.79. The summed E-state index contributed by atoms with van der Waals surface area (Å²) >= 11 is 0. The number of aromatic nitrogens is 1. The Labute approximate surface area is 95.9 Å². The highest BCUT2D eigenvalue weighted by Crippen LogP contribution is 2.12. The molecule has 16 heavy (non-hydrogen) atoms. The van der Waals surface area contributed by atoms with Gasteiger partial charge in [0.15, 0.2) is 5.75 Å². The molecule has 0 aromatic carbocycles. The molecule has 0 saturated heterocycles. The number of rotatable bonds is 4. The molecular weight excluding hydrogens is 204 g/mol. The maximum atomic E-state index is 11.3. The number of hydrogen-bond donors (Lipinski definition) is 2. The van der Waals surface area contributed by atoms with E-state index in [-0.39, 0.29) is 11.2 Å². The summed E-state index contributed by atoms with van der Waals surface area (Å²) in [5.74, 6) is 1.64. The molecule has 0 aliphatic rings. The van der Waals surface area contributed by atoms with Gasteiger partial charge in [-0.25, -0.2) is 0 Å². The number of aromatic hydroxyl groups is 1. The maximum absolute atomic E-state index is 11.3. The standard InChI is InChI=1S/C12H20N2O2/c1-8(2)9(3)6-13-12-5-10(15)11(16)7-14(12)4/h5,7-9,13,16H,6H2,1-4H3/t9-/m1/s1. The van der Waals surface area contributed by atoms with Crippen molar-refractivity contribution in [3.63, 3.8) is 0 Å². The van der Waals surface area contributed by atoms with Gasteiger partial charge in [-0.1, -0.05) is 20.8 Å². The van der Waals surface area contributed by atoms with Crippen LogP contribution in [-0.4, -0.2) is 16.2 Å². The summed E-state index contributed by atoms with van der Waals surface area (Å²) in [6.45, 7) is 7.32. The zero-order valence-corrected chi connectivity index (χ0v) is 10.3. The Morgan fingerprint density at radius 3 is 2.62 bits per heavy atom. The summed E-state index contributed by atoms with van der Waals surface area (Å²) in [6, 6.07) is 1.42. The minimum absolute atomic E-state index is 0.218. The van der Waals surface area contributed by atoms with Crippen molar-refractivity contribution in [2.45, 2.75) is 20.8 Å². The number of hydrogen-bond acceptors (Lipinski definition) is 3. The Bertz CT molecular complexity index is 410. The van der Waals surface area contributed by atoms with Gasteiger partial charge in [0.1, 0.15) is 5.82 Å². The molecular formula is C12H20N2O2. The highest BCUT2D eigenvalue weighted by Gasteiger charge is 2.08. The average molecular weight is 224 g/mol. The number of pyridine rings is 1. The van der Waals surface area contributed by atoms with E-state index in [1.54, 1.807) is 11.6 Å². The van der Waals surface area contributed by atoms with Crippen molar-refractivity contribution in [1.29, 1.82) is 0 Å². The van der Waals surface area contributed by atoms with Crippen LogP contribution in [0.2, 0.25) is 0 Å². The van der Waals surface area contributed by atoms with E-state index in [0.29, 0.717) is 11.8 Å². The Morgan fingerprint density at radius 2 is 2.06 bits per heavy atom. The largest absolute Gasteiger partial charge is 0.503 e. The first-order valence-corrected chi connectivity index (χ1v) is 5.55. The molecule has 0 aliphatic carbocycles. The first-order chi connectivity index (χ1) is 7.41. The summed E-state index contributed by atoms with van der Waals surface area (Å²) in [5, 5.41) is 12.4. The fourth-order valence-corrected chi connectivity index (χ4v) is 1.29. The Kier molecular flexibility index (Phi) is 3.99. The van der Waals surface area contributed by atoms with E-state index < -0.39 is 0 Å². The fourth-order valence-electron chi connectivity index (χ4n) is 1.29. The minimum atomic E-state index is -0.349. The SMILES string of the molecule is CC(C)[C@H](C)CNc1cc(=O)c(O)cn1C. The number of anilines is 1. The first kappa shape index (κ1) is 12.6. The number of aryl methyl sites for hydroxylation is 1. The molecule has 0 radical (unpaired) electrons. The molecule has 0 saturated carbocycles. The third-order valence-electron chi connectivity index (χ3n) is 2.96. The topological polar surface area (TPSA) is 54.3 Å². The molecule has 1 aromatic heterocycles. The van der Waals surface area contributed by atoms with Gasteiger partial charge < -0.3 is 15.0 Å². The number of nitrogens with one attached hydrogen (secondary N) is 1. The summed E-state index contributed by atoms with van der Waals surface area (Å²) in [6.07, 6.45) is 1.42. The Morgan fingerprint density at radius 1 is 1.44 bits per heavy atom. The monoisotopic (exact) mass is 224 g/mol. The van der Waals surface area contributed by atoms with E-state index >= 15 is 0 Å². The molecule has 4 heteroatoms. The van der Waals surface area contributed by atoms with Gasteiger partial charge in [0.05, 0.1) is 6.20 Å². The van der Waals surface area contributed by atoms with Crippen LogP contribution in [0.3, 0.4) is 0 Å². The van der Waals surface area contributed by atoms with Gasteiger partial charge in [0, 0.05) is 19.7 Å². The minimum Gasteiger partial charge on any atom is -0.503 e. The lowest BCUT2D eigenvalue weighted by atomic mass is 9.98. The van der Waals surface area contributed by atoms with Crippen molar-refractivity contribution < 1.29 is 5.11 Å². The van der Waals surface area contributed by atoms with Crippen LogP contribution in [0.1, 0.15) is 20.8 Å². The maximum Gasteiger partial charge on any atom is 0.225 e. The van der Waals surface area contributed by atoms with Gasteiger partial charge in [0.25, 0.3) is 0 Å². The van der Waals surface area contributed by atoms with Crippen molar-refractivity contribution in [3.8, 4) is 5.75 Å². The second-order valence-corrected chi connectivity index (χ2v) is 4.62. The first-order valence-electron chi connectivity index (χ1n) is 5.55. The third kappa shape index (κ3) is 3.02. The van der Waals surface area contributed by atoms with Crippen LogP contribution in [0.5, 0.6) is 5.75 Å². The zero-order chi connectivity index (χ0) is 12.3. The molecule has 0 aliphatic heterocycles. The lowest BCUT2D eigenvalue weighted by Gasteiger charge is -2.18. The van der Waals surface area contributed by atoms with Crippen molar-refractivity contribution in [1.82, 2.24) is 4.57 Å². The smallest absolute Gasteiger partial charge is 0.225 e. The van der Waals surface area contributed by atoms with Crippen LogP contribution in [0.25, 0.3) is 0 Å². The van der Waals surface area contributed by atoms with E-state index in [1.807, 2.05) is 0 Å². The van der Waals surface area contributed by atoms with Crippen molar-refractivity contribution in [2.75, 3.05) is 11.9 Å². The predicted molar refractivity (Wildman–Crippen MR) is 65.8 cm³/mol. The lowest BCUT2D eigenvalue weighted by Crippen LogP contribution is -2.19. The van der Waals surface area contributed by atoms with Crippen LogP contribution in [-0.2, 0) is 7.05 Å². The summed E-state index contributed by atoms with van der Waals surface area (Å²) in [4.78, 5) is 11.3. The average Bonchev–Trinajstić information content (AvgIpc) is 2.20. The molecule has 0 amide bonds. The van der Waals surface area contributed by atoms with Crippen molar-refractivity contribution in [3.05, 3.63) is 22.5 Å². The molecule has 1 atom stereocenters. The van der Waals surface area contributed by atoms with Crippen LogP contribution in [0.15, 0.2) is 17.1 Å².